The summed E-state index contributed by atoms with van der Waals surface area (Å²) in [7, 11) is 0. The van der Waals surface area contributed by atoms with Crippen molar-refractivity contribution in [3.63, 3.8) is 0 Å². The Morgan fingerprint density at radius 2 is 2.23 bits per heavy atom. The zero-order valence-electron chi connectivity index (χ0n) is 7.41. The van der Waals surface area contributed by atoms with Gasteiger partial charge in [-0.25, -0.2) is 0 Å². The molecule has 0 radical (unpaired) electrons. The van der Waals surface area contributed by atoms with E-state index in [1.807, 2.05) is 18.2 Å². The minimum absolute atomic E-state index is 0.248. The molecule has 0 heterocycles. The Morgan fingerprint density at radius 3 is 2.85 bits per heavy atom. The molecular formula is C11H13IO. The fourth-order valence-corrected chi connectivity index (χ4v) is 2.09. The number of halogens is 1. The van der Waals surface area contributed by atoms with Crippen molar-refractivity contribution in [2.24, 2.45) is 5.92 Å². The van der Waals surface area contributed by atoms with E-state index in [0.717, 1.165) is 17.9 Å². The van der Waals surface area contributed by atoms with E-state index in [9.17, 15) is 5.11 Å². The van der Waals surface area contributed by atoms with Crippen LogP contribution in [0.1, 0.15) is 30.9 Å². The summed E-state index contributed by atoms with van der Waals surface area (Å²) >= 11 is 2.28. The van der Waals surface area contributed by atoms with Crippen LogP contribution in [0.4, 0.5) is 0 Å². The number of rotatable bonds is 3. The molecule has 1 aromatic carbocycles. The van der Waals surface area contributed by atoms with Crippen LogP contribution in [-0.2, 0) is 0 Å². The van der Waals surface area contributed by atoms with Crippen LogP contribution >= 0.6 is 22.6 Å². The fourth-order valence-electron chi connectivity index (χ4n) is 1.52. The van der Waals surface area contributed by atoms with Crippen molar-refractivity contribution in [3.8, 4) is 0 Å². The molecule has 2 rings (SSSR count). The van der Waals surface area contributed by atoms with Gasteiger partial charge in [-0.3, -0.25) is 0 Å². The lowest BCUT2D eigenvalue weighted by Gasteiger charge is -2.09. The van der Waals surface area contributed by atoms with Crippen molar-refractivity contribution in [1.29, 1.82) is 0 Å². The lowest BCUT2D eigenvalue weighted by molar-refractivity contribution is 0.160. The molecule has 0 saturated heterocycles. The highest BCUT2D eigenvalue weighted by Gasteiger charge is 2.25. The number of aliphatic hydroxyl groups excluding tert-OH is 1. The molecule has 0 bridgehead atoms. The number of hydrogen-bond acceptors (Lipinski definition) is 1. The van der Waals surface area contributed by atoms with E-state index in [1.165, 1.54) is 16.4 Å². The van der Waals surface area contributed by atoms with Gasteiger partial charge in [0, 0.05) is 3.57 Å². The van der Waals surface area contributed by atoms with Crippen molar-refractivity contribution >= 4 is 22.6 Å². The summed E-state index contributed by atoms with van der Waals surface area (Å²) in [5.41, 5.74) is 1.07. The summed E-state index contributed by atoms with van der Waals surface area (Å²) in [5.74, 6) is 0.785. The third kappa shape index (κ3) is 2.68. The van der Waals surface area contributed by atoms with Crippen LogP contribution in [0.5, 0.6) is 0 Å². The van der Waals surface area contributed by atoms with Crippen LogP contribution in [0.2, 0.25) is 0 Å². The van der Waals surface area contributed by atoms with Gasteiger partial charge in [-0.15, -0.1) is 0 Å². The predicted octanol–water partition coefficient (Wildman–Crippen LogP) is 3.12. The molecule has 1 aliphatic rings. The third-order valence-corrected chi connectivity index (χ3v) is 3.16. The molecular weight excluding hydrogens is 275 g/mol. The van der Waals surface area contributed by atoms with Gasteiger partial charge in [0.2, 0.25) is 0 Å². The van der Waals surface area contributed by atoms with Crippen molar-refractivity contribution in [1.82, 2.24) is 0 Å². The van der Waals surface area contributed by atoms with Gasteiger partial charge in [-0.2, -0.15) is 0 Å². The monoisotopic (exact) mass is 288 g/mol. The first-order valence-corrected chi connectivity index (χ1v) is 5.77. The molecule has 1 unspecified atom stereocenters. The summed E-state index contributed by atoms with van der Waals surface area (Å²) in [6.07, 6.45) is 3.31. The fraction of sp³-hybridized carbons (Fsp3) is 0.455. The molecule has 1 fully saturated rings. The molecule has 1 aromatic rings. The van der Waals surface area contributed by atoms with Crippen LogP contribution in [0.3, 0.4) is 0 Å². The van der Waals surface area contributed by atoms with E-state index in [0.29, 0.717) is 0 Å². The molecule has 0 aliphatic heterocycles. The molecule has 1 aliphatic carbocycles. The smallest absolute Gasteiger partial charge is 0.0793 e. The van der Waals surface area contributed by atoms with E-state index < -0.39 is 0 Å². The summed E-state index contributed by atoms with van der Waals surface area (Å²) < 4.78 is 1.20. The van der Waals surface area contributed by atoms with E-state index in [2.05, 4.69) is 28.7 Å². The van der Waals surface area contributed by atoms with Gasteiger partial charge in [0.25, 0.3) is 0 Å². The predicted molar refractivity (Wildman–Crippen MR) is 61.5 cm³/mol. The van der Waals surface area contributed by atoms with Crippen LogP contribution in [-0.4, -0.2) is 5.11 Å². The maximum absolute atomic E-state index is 9.85. The van der Waals surface area contributed by atoms with Gasteiger partial charge in [0.15, 0.2) is 0 Å². The highest BCUT2D eigenvalue weighted by Crippen LogP contribution is 2.37. The summed E-state index contributed by atoms with van der Waals surface area (Å²) in [5, 5.41) is 9.85. The van der Waals surface area contributed by atoms with Crippen molar-refractivity contribution < 1.29 is 5.11 Å². The average molecular weight is 288 g/mol. The van der Waals surface area contributed by atoms with Crippen molar-refractivity contribution in [2.45, 2.75) is 25.4 Å². The first kappa shape index (κ1) is 9.46. The third-order valence-electron chi connectivity index (χ3n) is 2.49. The normalized spacial score (nSPS) is 18.6. The highest BCUT2D eigenvalue weighted by molar-refractivity contribution is 14.1. The molecule has 2 heteroatoms. The van der Waals surface area contributed by atoms with E-state index >= 15 is 0 Å². The molecule has 1 N–H and O–H groups in total. The SMILES string of the molecule is OC(CC1CC1)c1cccc(I)c1. The number of benzene rings is 1. The van der Waals surface area contributed by atoms with E-state index in [4.69, 9.17) is 0 Å². The van der Waals surface area contributed by atoms with Crippen molar-refractivity contribution in [2.75, 3.05) is 0 Å². The standard InChI is InChI=1S/C11H13IO/c12-10-3-1-2-9(7-10)11(13)6-8-4-5-8/h1-3,7-8,11,13H,4-6H2. The topological polar surface area (TPSA) is 20.2 Å². The molecule has 0 amide bonds. The largest absolute Gasteiger partial charge is 0.388 e. The first-order valence-electron chi connectivity index (χ1n) is 4.69. The second-order valence-electron chi connectivity index (χ2n) is 3.75. The minimum Gasteiger partial charge on any atom is -0.388 e. The second kappa shape index (κ2) is 3.96. The Balaban J connectivity index is 2.04. The van der Waals surface area contributed by atoms with Crippen LogP contribution in [0, 0.1) is 9.49 Å². The maximum atomic E-state index is 9.85. The van der Waals surface area contributed by atoms with Gasteiger partial charge < -0.3 is 5.11 Å². The molecule has 1 saturated carbocycles. The van der Waals surface area contributed by atoms with Crippen LogP contribution in [0.15, 0.2) is 24.3 Å². The van der Waals surface area contributed by atoms with Crippen molar-refractivity contribution in [3.05, 3.63) is 33.4 Å². The zero-order chi connectivity index (χ0) is 9.26. The molecule has 0 aromatic heterocycles. The number of hydrogen-bond donors (Lipinski definition) is 1. The Hall–Kier alpha value is -0.0900. The lowest BCUT2D eigenvalue weighted by Crippen LogP contribution is -1.98. The van der Waals surface area contributed by atoms with Gasteiger partial charge in [-0.05, 0) is 52.6 Å². The zero-order valence-corrected chi connectivity index (χ0v) is 9.57. The van der Waals surface area contributed by atoms with Gasteiger partial charge in [0.1, 0.15) is 0 Å². The van der Waals surface area contributed by atoms with Gasteiger partial charge >= 0.3 is 0 Å². The average Bonchev–Trinajstić information content (AvgIpc) is 2.88. The molecule has 0 spiro atoms. The molecule has 70 valence electrons. The maximum Gasteiger partial charge on any atom is 0.0793 e. The number of aliphatic hydroxyl groups is 1. The molecule has 1 nitrogen and oxygen atoms in total. The summed E-state index contributed by atoms with van der Waals surface area (Å²) in [6.45, 7) is 0. The second-order valence-corrected chi connectivity index (χ2v) is 5.00. The van der Waals surface area contributed by atoms with E-state index in [1.54, 1.807) is 0 Å². The summed E-state index contributed by atoms with van der Waals surface area (Å²) in [4.78, 5) is 0. The van der Waals surface area contributed by atoms with E-state index in [-0.39, 0.29) is 6.10 Å². The first-order chi connectivity index (χ1) is 6.25. The Labute approximate surface area is 92.3 Å². The van der Waals surface area contributed by atoms with Crippen LogP contribution < -0.4 is 0 Å². The summed E-state index contributed by atoms with van der Waals surface area (Å²) in [6, 6.07) is 8.13. The van der Waals surface area contributed by atoms with Gasteiger partial charge in [0.05, 0.1) is 6.10 Å². The van der Waals surface area contributed by atoms with Crippen LogP contribution in [0.25, 0.3) is 0 Å². The quantitative estimate of drug-likeness (QED) is 0.847. The van der Waals surface area contributed by atoms with Gasteiger partial charge in [-0.1, -0.05) is 25.0 Å². The Bertz CT molecular complexity index is 294. The molecule has 1 atom stereocenters. The Morgan fingerprint density at radius 1 is 1.46 bits per heavy atom. The molecule has 13 heavy (non-hydrogen) atoms. The Kier molecular flexibility index (Phi) is 2.89. The lowest BCUT2D eigenvalue weighted by atomic mass is 10.0. The highest BCUT2D eigenvalue weighted by atomic mass is 127. The minimum atomic E-state index is -0.248.